The van der Waals surface area contributed by atoms with Crippen LogP contribution in [0.25, 0.3) is 0 Å². The third kappa shape index (κ3) is 2.86. The summed E-state index contributed by atoms with van der Waals surface area (Å²) in [5.74, 6) is 0. The molecular weight excluding hydrogens is 178 g/mol. The van der Waals surface area contributed by atoms with Gasteiger partial charge in [0.1, 0.15) is 0 Å². The Bertz CT molecular complexity index is 238. The van der Waals surface area contributed by atoms with Crippen LogP contribution in [0.3, 0.4) is 0 Å². The molecule has 0 spiro atoms. The fraction of sp³-hybridized carbons (Fsp3) is 0.636. The molecule has 3 nitrogen and oxygen atoms in total. The van der Waals surface area contributed by atoms with E-state index < -0.39 is 0 Å². The van der Waals surface area contributed by atoms with Crippen LogP contribution in [0.1, 0.15) is 24.8 Å². The topological polar surface area (TPSA) is 34.4 Å². The van der Waals surface area contributed by atoms with E-state index in [-0.39, 0.29) is 0 Å². The van der Waals surface area contributed by atoms with Crippen molar-refractivity contribution in [2.24, 2.45) is 0 Å². The Labute approximate surface area is 84.4 Å². The minimum absolute atomic E-state index is 0.604. The van der Waals surface area contributed by atoms with Crippen molar-refractivity contribution in [1.29, 1.82) is 0 Å². The Kier molecular flexibility index (Phi) is 3.60. The Balaban J connectivity index is 1.73. The largest absolute Gasteiger partial charge is 0.472 e. The normalized spacial score (nSPS) is 23.3. The quantitative estimate of drug-likeness (QED) is 0.800. The van der Waals surface area contributed by atoms with Gasteiger partial charge in [0, 0.05) is 31.4 Å². The summed E-state index contributed by atoms with van der Waals surface area (Å²) in [6.45, 7) is 2.72. The van der Waals surface area contributed by atoms with Gasteiger partial charge in [-0.15, -0.1) is 0 Å². The highest BCUT2D eigenvalue weighted by atomic mass is 16.5. The van der Waals surface area contributed by atoms with E-state index in [9.17, 15) is 0 Å². The maximum atomic E-state index is 5.40. The molecule has 1 N–H and O–H groups in total. The summed E-state index contributed by atoms with van der Waals surface area (Å²) in [7, 11) is 0. The first-order valence-corrected chi connectivity index (χ1v) is 5.27. The van der Waals surface area contributed by atoms with Crippen molar-refractivity contribution in [3.8, 4) is 0 Å². The second-order valence-electron chi connectivity index (χ2n) is 3.75. The van der Waals surface area contributed by atoms with Crippen LogP contribution in [0.2, 0.25) is 0 Å². The molecule has 1 atom stereocenters. The minimum Gasteiger partial charge on any atom is -0.472 e. The van der Waals surface area contributed by atoms with E-state index in [1.54, 1.807) is 12.5 Å². The minimum atomic E-state index is 0.604. The number of hydrogen-bond donors (Lipinski definition) is 1. The lowest BCUT2D eigenvalue weighted by Crippen LogP contribution is -2.28. The highest BCUT2D eigenvalue weighted by Gasteiger charge is 2.11. The van der Waals surface area contributed by atoms with Gasteiger partial charge in [-0.25, -0.2) is 0 Å². The van der Waals surface area contributed by atoms with E-state index in [1.165, 1.54) is 18.4 Å². The molecule has 1 fully saturated rings. The van der Waals surface area contributed by atoms with Crippen molar-refractivity contribution < 1.29 is 9.15 Å². The molecule has 1 saturated heterocycles. The van der Waals surface area contributed by atoms with Crippen LogP contribution in [0.5, 0.6) is 0 Å². The third-order valence-corrected chi connectivity index (χ3v) is 2.63. The van der Waals surface area contributed by atoms with Crippen molar-refractivity contribution in [3.05, 3.63) is 24.2 Å². The van der Waals surface area contributed by atoms with E-state index in [0.29, 0.717) is 6.04 Å². The molecule has 0 aliphatic carbocycles. The van der Waals surface area contributed by atoms with E-state index in [0.717, 1.165) is 26.2 Å². The summed E-state index contributed by atoms with van der Waals surface area (Å²) in [6, 6.07) is 2.60. The molecule has 1 aliphatic rings. The zero-order valence-electron chi connectivity index (χ0n) is 8.37. The summed E-state index contributed by atoms with van der Waals surface area (Å²) in [5, 5.41) is 3.52. The van der Waals surface area contributed by atoms with Gasteiger partial charge in [0.2, 0.25) is 0 Å². The zero-order valence-corrected chi connectivity index (χ0v) is 8.37. The van der Waals surface area contributed by atoms with Crippen molar-refractivity contribution >= 4 is 0 Å². The molecule has 3 heteroatoms. The molecule has 1 aromatic heterocycles. The van der Waals surface area contributed by atoms with Crippen molar-refractivity contribution in [2.75, 3.05) is 13.2 Å². The van der Waals surface area contributed by atoms with Gasteiger partial charge in [0.25, 0.3) is 0 Å². The Hall–Kier alpha value is -0.800. The molecule has 2 heterocycles. The Morgan fingerprint density at radius 3 is 3.21 bits per heavy atom. The predicted molar refractivity (Wildman–Crippen MR) is 54.0 cm³/mol. The fourth-order valence-corrected chi connectivity index (χ4v) is 1.76. The number of ether oxygens (including phenoxy) is 1. The summed E-state index contributed by atoms with van der Waals surface area (Å²) < 4.78 is 10.4. The molecule has 14 heavy (non-hydrogen) atoms. The molecule has 0 bridgehead atoms. The molecule has 1 aliphatic heterocycles. The van der Waals surface area contributed by atoms with Crippen molar-refractivity contribution in [2.45, 2.75) is 31.8 Å². The molecule has 2 rings (SSSR count). The molecule has 78 valence electrons. The van der Waals surface area contributed by atoms with Gasteiger partial charge in [0.15, 0.2) is 0 Å². The highest BCUT2D eigenvalue weighted by Crippen LogP contribution is 2.09. The number of nitrogens with one attached hydrogen (secondary N) is 1. The second kappa shape index (κ2) is 5.17. The van der Waals surface area contributed by atoms with E-state index in [4.69, 9.17) is 9.15 Å². The monoisotopic (exact) mass is 195 g/mol. The molecule has 1 unspecified atom stereocenters. The maximum Gasteiger partial charge on any atom is 0.0947 e. The van der Waals surface area contributed by atoms with Crippen LogP contribution >= 0.6 is 0 Å². The third-order valence-electron chi connectivity index (χ3n) is 2.63. The van der Waals surface area contributed by atoms with Gasteiger partial charge in [-0.2, -0.15) is 0 Å². The van der Waals surface area contributed by atoms with Crippen molar-refractivity contribution in [3.63, 3.8) is 0 Å². The molecule has 1 aromatic rings. The van der Waals surface area contributed by atoms with E-state index >= 15 is 0 Å². The van der Waals surface area contributed by atoms with Crippen LogP contribution in [0.15, 0.2) is 23.0 Å². The molecular formula is C11H17NO2. The lowest BCUT2D eigenvalue weighted by atomic mass is 10.1. The standard InChI is InChI=1S/C11H17NO2/c1-2-11(4-7-13-5-1)12-8-10-3-6-14-9-10/h3,6,9,11-12H,1-2,4-5,7-8H2. The maximum absolute atomic E-state index is 5.40. The summed E-state index contributed by atoms with van der Waals surface area (Å²) >= 11 is 0. The summed E-state index contributed by atoms with van der Waals surface area (Å²) in [5.41, 5.74) is 1.22. The number of rotatable bonds is 3. The summed E-state index contributed by atoms with van der Waals surface area (Å²) in [4.78, 5) is 0. The van der Waals surface area contributed by atoms with Crippen LogP contribution in [0.4, 0.5) is 0 Å². The highest BCUT2D eigenvalue weighted by molar-refractivity contribution is 5.04. The molecule has 0 radical (unpaired) electrons. The first-order chi connectivity index (χ1) is 6.95. The predicted octanol–water partition coefficient (Wildman–Crippen LogP) is 1.94. The molecule has 0 aromatic carbocycles. The van der Waals surface area contributed by atoms with Gasteiger partial charge < -0.3 is 14.5 Å². The van der Waals surface area contributed by atoms with Gasteiger partial charge in [-0.1, -0.05) is 0 Å². The van der Waals surface area contributed by atoms with Gasteiger partial charge >= 0.3 is 0 Å². The van der Waals surface area contributed by atoms with Crippen LogP contribution in [-0.4, -0.2) is 19.3 Å². The van der Waals surface area contributed by atoms with Crippen molar-refractivity contribution in [1.82, 2.24) is 5.32 Å². The van der Waals surface area contributed by atoms with Gasteiger partial charge in [-0.05, 0) is 25.3 Å². The average molecular weight is 195 g/mol. The first kappa shape index (κ1) is 9.74. The van der Waals surface area contributed by atoms with E-state index in [2.05, 4.69) is 5.32 Å². The fourth-order valence-electron chi connectivity index (χ4n) is 1.76. The zero-order chi connectivity index (χ0) is 9.64. The molecule has 0 saturated carbocycles. The summed E-state index contributed by atoms with van der Waals surface area (Å²) in [6.07, 6.45) is 7.02. The Morgan fingerprint density at radius 2 is 2.36 bits per heavy atom. The van der Waals surface area contributed by atoms with Crippen LogP contribution in [-0.2, 0) is 11.3 Å². The molecule has 0 amide bonds. The number of hydrogen-bond acceptors (Lipinski definition) is 3. The first-order valence-electron chi connectivity index (χ1n) is 5.27. The lowest BCUT2D eigenvalue weighted by molar-refractivity contribution is 0.142. The SMILES string of the molecule is c1cc(CNC2CCCOCC2)co1. The Morgan fingerprint density at radius 1 is 1.36 bits per heavy atom. The smallest absolute Gasteiger partial charge is 0.0947 e. The lowest BCUT2D eigenvalue weighted by Gasteiger charge is -2.14. The van der Waals surface area contributed by atoms with Gasteiger partial charge in [-0.3, -0.25) is 0 Å². The second-order valence-corrected chi connectivity index (χ2v) is 3.75. The van der Waals surface area contributed by atoms with E-state index in [1.807, 2.05) is 6.07 Å². The number of furan rings is 1. The average Bonchev–Trinajstić information content (AvgIpc) is 2.58. The van der Waals surface area contributed by atoms with Crippen LogP contribution in [0, 0.1) is 0 Å². The van der Waals surface area contributed by atoms with Crippen LogP contribution < -0.4 is 5.32 Å². The van der Waals surface area contributed by atoms with Gasteiger partial charge in [0.05, 0.1) is 12.5 Å².